The SMILES string of the molecule is CN(Cc1ccc(F)cc1)c1nc2ccc(N)cc2o1. The first kappa shape index (κ1) is 12.5. The van der Waals surface area contributed by atoms with E-state index in [1.807, 2.05) is 18.0 Å². The number of nitrogens with zero attached hydrogens (tertiary/aromatic N) is 2. The molecule has 1 heterocycles. The van der Waals surface area contributed by atoms with Crippen LogP contribution in [0, 0.1) is 5.82 Å². The predicted octanol–water partition coefficient (Wildman–Crippen LogP) is 3.19. The zero-order valence-corrected chi connectivity index (χ0v) is 11.0. The summed E-state index contributed by atoms with van der Waals surface area (Å²) in [5, 5.41) is 0. The molecule has 0 aliphatic carbocycles. The molecule has 0 saturated heterocycles. The summed E-state index contributed by atoms with van der Waals surface area (Å²) in [4.78, 5) is 6.26. The maximum atomic E-state index is 12.9. The average molecular weight is 271 g/mol. The number of oxazole rings is 1. The van der Waals surface area contributed by atoms with E-state index >= 15 is 0 Å². The molecule has 3 rings (SSSR count). The Morgan fingerprint density at radius 3 is 2.70 bits per heavy atom. The minimum Gasteiger partial charge on any atom is -0.423 e. The Hall–Kier alpha value is -2.56. The maximum Gasteiger partial charge on any atom is 0.298 e. The van der Waals surface area contributed by atoms with Crippen molar-refractivity contribution < 1.29 is 8.81 Å². The van der Waals surface area contributed by atoms with Gasteiger partial charge in [0, 0.05) is 25.3 Å². The van der Waals surface area contributed by atoms with Gasteiger partial charge in [0.2, 0.25) is 0 Å². The summed E-state index contributed by atoms with van der Waals surface area (Å²) >= 11 is 0. The van der Waals surface area contributed by atoms with Crippen molar-refractivity contribution in [3.8, 4) is 0 Å². The third-order valence-electron chi connectivity index (χ3n) is 3.06. The minimum absolute atomic E-state index is 0.242. The molecule has 1 aromatic heterocycles. The molecule has 0 radical (unpaired) electrons. The molecule has 0 saturated carbocycles. The van der Waals surface area contributed by atoms with Gasteiger partial charge in [0.25, 0.3) is 6.01 Å². The standard InChI is InChI=1S/C15H14FN3O/c1-19(9-10-2-4-11(16)5-3-10)15-18-13-7-6-12(17)8-14(13)20-15/h2-8H,9,17H2,1H3. The quantitative estimate of drug-likeness (QED) is 0.743. The van der Waals surface area contributed by atoms with E-state index in [2.05, 4.69) is 4.98 Å². The van der Waals surface area contributed by atoms with Crippen molar-refractivity contribution in [2.24, 2.45) is 0 Å². The number of fused-ring (bicyclic) bond motifs is 1. The summed E-state index contributed by atoms with van der Waals surface area (Å²) in [6.45, 7) is 0.586. The summed E-state index contributed by atoms with van der Waals surface area (Å²) < 4.78 is 18.5. The Morgan fingerprint density at radius 2 is 1.95 bits per heavy atom. The normalized spacial score (nSPS) is 10.9. The minimum atomic E-state index is -0.242. The van der Waals surface area contributed by atoms with Crippen molar-refractivity contribution in [3.63, 3.8) is 0 Å². The second kappa shape index (κ2) is 4.85. The molecule has 102 valence electrons. The van der Waals surface area contributed by atoms with Crippen LogP contribution in [0.2, 0.25) is 0 Å². The van der Waals surface area contributed by atoms with Crippen molar-refractivity contribution >= 4 is 22.8 Å². The van der Waals surface area contributed by atoms with Crippen LogP contribution in [0.5, 0.6) is 0 Å². The fourth-order valence-corrected chi connectivity index (χ4v) is 2.02. The topological polar surface area (TPSA) is 55.3 Å². The van der Waals surface area contributed by atoms with Gasteiger partial charge in [-0.15, -0.1) is 0 Å². The molecule has 0 aliphatic heterocycles. The van der Waals surface area contributed by atoms with Crippen LogP contribution >= 0.6 is 0 Å². The first-order valence-corrected chi connectivity index (χ1v) is 6.23. The molecule has 5 heteroatoms. The fourth-order valence-electron chi connectivity index (χ4n) is 2.02. The van der Waals surface area contributed by atoms with Gasteiger partial charge in [0.05, 0.1) is 0 Å². The van der Waals surface area contributed by atoms with Gasteiger partial charge in [0.15, 0.2) is 5.58 Å². The molecular formula is C15H14FN3O. The number of hydrogen-bond acceptors (Lipinski definition) is 4. The summed E-state index contributed by atoms with van der Waals surface area (Å²) in [5.74, 6) is -0.242. The van der Waals surface area contributed by atoms with Gasteiger partial charge in [-0.05, 0) is 29.8 Å². The van der Waals surface area contributed by atoms with E-state index in [9.17, 15) is 4.39 Å². The number of rotatable bonds is 3. The highest BCUT2D eigenvalue weighted by Crippen LogP contribution is 2.24. The van der Waals surface area contributed by atoms with E-state index in [1.165, 1.54) is 12.1 Å². The Balaban J connectivity index is 1.84. The zero-order chi connectivity index (χ0) is 14.1. The van der Waals surface area contributed by atoms with Gasteiger partial charge in [0.1, 0.15) is 11.3 Å². The molecule has 0 unspecified atom stereocenters. The lowest BCUT2D eigenvalue weighted by Gasteiger charge is -2.14. The number of anilines is 2. The number of nitrogen functional groups attached to an aromatic ring is 1. The fraction of sp³-hybridized carbons (Fsp3) is 0.133. The molecule has 0 bridgehead atoms. The van der Waals surface area contributed by atoms with E-state index < -0.39 is 0 Å². The van der Waals surface area contributed by atoms with Crippen molar-refractivity contribution in [2.45, 2.75) is 6.54 Å². The van der Waals surface area contributed by atoms with E-state index in [1.54, 1.807) is 24.3 Å². The van der Waals surface area contributed by atoms with Crippen LogP contribution in [0.25, 0.3) is 11.1 Å². The summed E-state index contributed by atoms with van der Waals surface area (Å²) in [7, 11) is 1.87. The third kappa shape index (κ3) is 2.42. The summed E-state index contributed by atoms with van der Waals surface area (Å²) in [6.07, 6.45) is 0. The van der Waals surface area contributed by atoms with Crippen LogP contribution in [-0.2, 0) is 6.54 Å². The highest BCUT2D eigenvalue weighted by Gasteiger charge is 2.11. The molecule has 20 heavy (non-hydrogen) atoms. The van der Waals surface area contributed by atoms with Crippen LogP contribution in [0.1, 0.15) is 5.56 Å². The van der Waals surface area contributed by atoms with Gasteiger partial charge in [-0.2, -0.15) is 4.98 Å². The van der Waals surface area contributed by atoms with Crippen molar-refractivity contribution in [1.82, 2.24) is 4.98 Å². The van der Waals surface area contributed by atoms with Crippen molar-refractivity contribution in [2.75, 3.05) is 17.7 Å². The maximum absolute atomic E-state index is 12.9. The van der Waals surface area contributed by atoms with Gasteiger partial charge < -0.3 is 15.1 Å². The molecule has 0 aliphatic rings. The lowest BCUT2D eigenvalue weighted by molar-refractivity contribution is 0.582. The zero-order valence-electron chi connectivity index (χ0n) is 11.0. The lowest BCUT2D eigenvalue weighted by Crippen LogP contribution is -2.16. The average Bonchev–Trinajstić information content (AvgIpc) is 2.84. The largest absolute Gasteiger partial charge is 0.423 e. The predicted molar refractivity (Wildman–Crippen MR) is 76.9 cm³/mol. The first-order chi connectivity index (χ1) is 9.61. The first-order valence-electron chi connectivity index (χ1n) is 6.23. The number of aromatic nitrogens is 1. The van der Waals surface area contributed by atoms with Gasteiger partial charge >= 0.3 is 0 Å². The second-order valence-electron chi connectivity index (χ2n) is 4.71. The Morgan fingerprint density at radius 1 is 1.20 bits per heavy atom. The molecule has 2 aromatic carbocycles. The van der Waals surface area contributed by atoms with Crippen LogP contribution in [0.4, 0.5) is 16.1 Å². The van der Waals surface area contributed by atoms with E-state index in [4.69, 9.17) is 10.2 Å². The second-order valence-corrected chi connectivity index (χ2v) is 4.71. The molecular weight excluding hydrogens is 257 g/mol. The monoisotopic (exact) mass is 271 g/mol. The van der Waals surface area contributed by atoms with Crippen molar-refractivity contribution in [1.29, 1.82) is 0 Å². The highest BCUT2D eigenvalue weighted by molar-refractivity contribution is 5.78. The number of hydrogen-bond donors (Lipinski definition) is 1. The summed E-state index contributed by atoms with van der Waals surface area (Å²) in [6, 6.07) is 12.2. The molecule has 0 atom stereocenters. The number of halogens is 1. The molecule has 0 amide bonds. The van der Waals surface area contributed by atoms with E-state index in [-0.39, 0.29) is 5.82 Å². The number of benzene rings is 2. The van der Waals surface area contributed by atoms with Crippen LogP contribution < -0.4 is 10.6 Å². The van der Waals surface area contributed by atoms with Gasteiger partial charge in [-0.25, -0.2) is 4.39 Å². The number of nitrogens with two attached hydrogens (primary N) is 1. The Bertz CT molecular complexity index is 736. The molecule has 2 N–H and O–H groups in total. The molecule has 0 fully saturated rings. The molecule has 4 nitrogen and oxygen atoms in total. The highest BCUT2D eigenvalue weighted by atomic mass is 19.1. The molecule has 0 spiro atoms. The Kier molecular flexibility index (Phi) is 3.02. The Labute approximate surface area is 115 Å². The van der Waals surface area contributed by atoms with E-state index in [0.717, 1.165) is 11.1 Å². The summed E-state index contributed by atoms with van der Waals surface area (Å²) in [5.41, 5.74) is 8.75. The van der Waals surface area contributed by atoms with Crippen LogP contribution in [0.3, 0.4) is 0 Å². The van der Waals surface area contributed by atoms with Gasteiger partial charge in [-0.3, -0.25) is 0 Å². The molecule has 3 aromatic rings. The van der Waals surface area contributed by atoms with Crippen molar-refractivity contribution in [3.05, 3.63) is 53.8 Å². The third-order valence-corrected chi connectivity index (χ3v) is 3.06. The van der Waals surface area contributed by atoms with Crippen LogP contribution in [0.15, 0.2) is 46.9 Å². The lowest BCUT2D eigenvalue weighted by atomic mass is 10.2. The van der Waals surface area contributed by atoms with Gasteiger partial charge in [-0.1, -0.05) is 12.1 Å². The van der Waals surface area contributed by atoms with E-state index in [0.29, 0.717) is 23.8 Å². The van der Waals surface area contributed by atoms with Crippen LogP contribution in [-0.4, -0.2) is 12.0 Å². The smallest absolute Gasteiger partial charge is 0.298 e.